The topological polar surface area (TPSA) is 133 Å². The van der Waals surface area contributed by atoms with Crippen LogP contribution in [0.3, 0.4) is 0 Å². The average molecular weight is 669 g/mol. The lowest BCUT2D eigenvalue weighted by Crippen LogP contribution is -2.36. The van der Waals surface area contributed by atoms with E-state index in [1.165, 1.54) is 6.20 Å². The highest BCUT2D eigenvalue weighted by Crippen LogP contribution is 2.41. The van der Waals surface area contributed by atoms with Gasteiger partial charge in [0.1, 0.15) is 0 Å². The van der Waals surface area contributed by atoms with E-state index < -0.39 is 5.82 Å². The Bertz CT molecular complexity index is 1680. The minimum Gasteiger partial charge on any atom is -0.481 e. The van der Waals surface area contributed by atoms with Crippen molar-refractivity contribution in [3.8, 4) is 28.4 Å². The number of aliphatic hydroxyl groups excluding tert-OH is 1. The van der Waals surface area contributed by atoms with Crippen LogP contribution in [-0.2, 0) is 17.8 Å². The molecule has 242 valence electrons. The van der Waals surface area contributed by atoms with E-state index >= 15 is 4.39 Å². The van der Waals surface area contributed by atoms with Gasteiger partial charge >= 0.3 is 0 Å². The van der Waals surface area contributed by atoms with E-state index in [-0.39, 0.29) is 30.9 Å². The highest BCUT2D eigenvalue weighted by molar-refractivity contribution is 6.39. The summed E-state index contributed by atoms with van der Waals surface area (Å²) in [7, 11) is 1.59. The quantitative estimate of drug-likeness (QED) is 0.107. The SMILES string of the molecule is COc1nc(-c2ccnc(-c3cccc(Nc4nccc(CNCCO)c4F)c3Cl)c2Cl)ccc1CCCNCC1CCC(=O)N1. The van der Waals surface area contributed by atoms with Gasteiger partial charge in [0.2, 0.25) is 11.8 Å². The van der Waals surface area contributed by atoms with Crippen LogP contribution in [0.2, 0.25) is 10.0 Å². The molecule has 1 aliphatic rings. The first-order valence-electron chi connectivity index (χ1n) is 15.1. The Morgan fingerprint density at radius 1 is 1.02 bits per heavy atom. The first-order chi connectivity index (χ1) is 22.4. The van der Waals surface area contributed by atoms with Crippen LogP contribution >= 0.6 is 23.2 Å². The number of amides is 1. The molecule has 0 saturated carbocycles. The molecule has 46 heavy (non-hydrogen) atoms. The van der Waals surface area contributed by atoms with Gasteiger partial charge in [-0.2, -0.15) is 0 Å². The van der Waals surface area contributed by atoms with Crippen molar-refractivity contribution in [2.75, 3.05) is 38.7 Å². The molecular weight excluding hydrogens is 632 g/mol. The summed E-state index contributed by atoms with van der Waals surface area (Å²) >= 11 is 13.8. The molecule has 4 heterocycles. The van der Waals surface area contributed by atoms with E-state index in [0.717, 1.165) is 37.9 Å². The molecule has 4 aromatic rings. The van der Waals surface area contributed by atoms with Gasteiger partial charge < -0.3 is 31.1 Å². The third-order valence-corrected chi connectivity index (χ3v) is 8.44. The molecule has 1 aliphatic heterocycles. The second-order valence-electron chi connectivity index (χ2n) is 10.8. The number of pyridine rings is 3. The molecule has 1 aromatic carbocycles. The number of methoxy groups -OCH3 is 1. The van der Waals surface area contributed by atoms with Gasteiger partial charge in [0, 0.05) is 66.7 Å². The van der Waals surface area contributed by atoms with Crippen molar-refractivity contribution in [3.05, 3.63) is 81.8 Å². The minimum absolute atomic E-state index is 0.0182. The molecule has 1 fully saturated rings. The smallest absolute Gasteiger partial charge is 0.220 e. The van der Waals surface area contributed by atoms with Crippen LogP contribution in [0, 0.1) is 5.82 Å². The third-order valence-electron chi connectivity index (χ3n) is 7.65. The van der Waals surface area contributed by atoms with Crippen molar-refractivity contribution in [1.82, 2.24) is 30.9 Å². The van der Waals surface area contributed by atoms with E-state index in [1.807, 2.05) is 12.1 Å². The van der Waals surface area contributed by atoms with Gasteiger partial charge in [-0.15, -0.1) is 0 Å². The van der Waals surface area contributed by atoms with Crippen molar-refractivity contribution >= 4 is 40.6 Å². The van der Waals surface area contributed by atoms with Crippen molar-refractivity contribution in [1.29, 1.82) is 0 Å². The van der Waals surface area contributed by atoms with Crippen molar-refractivity contribution in [2.24, 2.45) is 0 Å². The van der Waals surface area contributed by atoms with Gasteiger partial charge in [-0.25, -0.2) is 14.4 Å². The molecule has 3 aromatic heterocycles. The standard InChI is InChI=1S/C33H36Cl2FN7O3/c1-46-33-20(4-3-13-37-19-22-8-10-27(45)41-22)7-9-25(43-33)23-12-15-39-31(29(23)35)24-5-2-6-26(28(24)34)42-32-30(36)21(11-14-40-32)18-38-16-17-44/h2,5-7,9,11-12,14-15,22,37-38,44H,3-4,8,10,13,16-19H2,1H3,(H,40,42)(H,41,45). The fourth-order valence-electron chi connectivity index (χ4n) is 5.27. The molecule has 1 amide bonds. The molecule has 10 nitrogen and oxygen atoms in total. The number of aryl methyl sites for hydroxylation is 1. The molecular formula is C33H36Cl2FN7O3. The van der Waals surface area contributed by atoms with Gasteiger partial charge in [-0.3, -0.25) is 9.78 Å². The predicted molar refractivity (Wildman–Crippen MR) is 178 cm³/mol. The number of nitrogens with one attached hydrogen (secondary N) is 4. The lowest BCUT2D eigenvalue weighted by molar-refractivity contribution is -0.119. The summed E-state index contributed by atoms with van der Waals surface area (Å²) in [6, 6.07) is 12.7. The van der Waals surface area contributed by atoms with Gasteiger partial charge in [0.25, 0.3) is 0 Å². The number of carbonyl (C=O) groups excluding carboxylic acids is 1. The number of rotatable bonds is 15. The summed E-state index contributed by atoms with van der Waals surface area (Å²) in [6.07, 6.45) is 6.26. The largest absolute Gasteiger partial charge is 0.481 e. The number of benzene rings is 1. The number of carbonyl (C=O) groups is 1. The van der Waals surface area contributed by atoms with E-state index in [2.05, 4.69) is 31.2 Å². The summed E-state index contributed by atoms with van der Waals surface area (Å²) in [4.78, 5) is 24.8. The lowest BCUT2D eigenvalue weighted by Gasteiger charge is -2.15. The Balaban J connectivity index is 1.31. The average Bonchev–Trinajstić information content (AvgIpc) is 3.48. The van der Waals surface area contributed by atoms with Crippen LogP contribution in [0.1, 0.15) is 30.4 Å². The number of anilines is 2. The Morgan fingerprint density at radius 2 is 1.87 bits per heavy atom. The fraction of sp³-hybridized carbons (Fsp3) is 0.333. The zero-order valence-electron chi connectivity index (χ0n) is 25.4. The molecule has 1 saturated heterocycles. The van der Waals surface area contributed by atoms with E-state index in [0.29, 0.717) is 62.7 Å². The summed E-state index contributed by atoms with van der Waals surface area (Å²) in [5.74, 6) is 0.132. The van der Waals surface area contributed by atoms with Crippen LogP contribution < -0.4 is 26.0 Å². The molecule has 0 spiro atoms. The Labute approximate surface area is 277 Å². The Hall–Kier alpha value is -3.87. The molecule has 0 radical (unpaired) electrons. The Morgan fingerprint density at radius 3 is 2.65 bits per heavy atom. The van der Waals surface area contributed by atoms with Crippen LogP contribution in [0.4, 0.5) is 15.9 Å². The first kappa shape index (κ1) is 33.5. The minimum atomic E-state index is -0.522. The maximum absolute atomic E-state index is 15.2. The summed E-state index contributed by atoms with van der Waals surface area (Å²) in [5, 5.41) is 22.0. The predicted octanol–water partition coefficient (Wildman–Crippen LogP) is 5.29. The highest BCUT2D eigenvalue weighted by Gasteiger charge is 2.21. The number of aliphatic hydroxyl groups is 1. The van der Waals surface area contributed by atoms with E-state index in [4.69, 9.17) is 38.0 Å². The first-order valence-corrected chi connectivity index (χ1v) is 15.8. The third kappa shape index (κ3) is 8.09. The van der Waals surface area contributed by atoms with Gasteiger partial charge in [-0.05, 0) is 50.1 Å². The number of ether oxygens (including phenoxy) is 1. The van der Waals surface area contributed by atoms with Gasteiger partial charge in [-0.1, -0.05) is 41.4 Å². The van der Waals surface area contributed by atoms with Gasteiger partial charge in [0.15, 0.2) is 11.6 Å². The monoisotopic (exact) mass is 667 g/mol. The number of aromatic nitrogens is 3. The molecule has 5 N–H and O–H groups in total. The van der Waals surface area contributed by atoms with Crippen molar-refractivity contribution < 1.29 is 19.0 Å². The number of halogens is 3. The number of nitrogens with zero attached hydrogens (tertiary/aromatic N) is 3. The maximum Gasteiger partial charge on any atom is 0.220 e. The number of hydrogen-bond donors (Lipinski definition) is 5. The highest BCUT2D eigenvalue weighted by atomic mass is 35.5. The Kier molecular flexibility index (Phi) is 11.7. The zero-order valence-corrected chi connectivity index (χ0v) is 26.9. The molecule has 1 unspecified atom stereocenters. The normalized spacial score (nSPS) is 14.4. The van der Waals surface area contributed by atoms with Crippen molar-refractivity contribution in [2.45, 2.75) is 38.3 Å². The van der Waals surface area contributed by atoms with Gasteiger partial charge in [0.05, 0.1) is 40.8 Å². The van der Waals surface area contributed by atoms with E-state index in [9.17, 15) is 4.79 Å². The molecule has 1 atom stereocenters. The van der Waals surface area contributed by atoms with Crippen LogP contribution in [0.15, 0.2) is 54.9 Å². The second-order valence-corrected chi connectivity index (χ2v) is 11.6. The fourth-order valence-corrected chi connectivity index (χ4v) is 5.85. The summed E-state index contributed by atoms with van der Waals surface area (Å²) < 4.78 is 20.8. The lowest BCUT2D eigenvalue weighted by atomic mass is 10.0. The van der Waals surface area contributed by atoms with Crippen molar-refractivity contribution in [3.63, 3.8) is 0 Å². The van der Waals surface area contributed by atoms with Crippen LogP contribution in [0.25, 0.3) is 22.5 Å². The van der Waals surface area contributed by atoms with E-state index in [1.54, 1.807) is 43.6 Å². The second kappa shape index (κ2) is 16.1. The maximum atomic E-state index is 15.2. The molecule has 0 aliphatic carbocycles. The molecule has 13 heteroatoms. The number of hydrogen-bond acceptors (Lipinski definition) is 9. The zero-order chi connectivity index (χ0) is 32.5. The molecule has 5 rings (SSSR count). The van der Waals surface area contributed by atoms with Crippen LogP contribution in [0.5, 0.6) is 5.88 Å². The summed E-state index contributed by atoms with van der Waals surface area (Å²) in [5.41, 5.74) is 4.07. The molecule has 0 bridgehead atoms. The van der Waals surface area contributed by atoms with Crippen LogP contribution in [-0.4, -0.2) is 65.4 Å². The summed E-state index contributed by atoms with van der Waals surface area (Å²) in [6.45, 7) is 2.11.